The largest absolute Gasteiger partial charge is 0.455 e. The van der Waals surface area contributed by atoms with Crippen LogP contribution in [0, 0.1) is 5.92 Å². The molecule has 0 bridgehead atoms. The van der Waals surface area contributed by atoms with Gasteiger partial charge in [0.05, 0.1) is 12.0 Å². The van der Waals surface area contributed by atoms with E-state index < -0.39 is 24.4 Å². The van der Waals surface area contributed by atoms with Crippen molar-refractivity contribution >= 4 is 29.3 Å². The highest BCUT2D eigenvalue weighted by atomic mass is 16.5. The van der Waals surface area contributed by atoms with E-state index in [1.54, 1.807) is 29.2 Å². The molecule has 1 aliphatic heterocycles. The Morgan fingerprint density at radius 3 is 2.40 bits per heavy atom. The van der Waals surface area contributed by atoms with Gasteiger partial charge < -0.3 is 15.0 Å². The van der Waals surface area contributed by atoms with E-state index in [1.165, 1.54) is 6.92 Å². The lowest BCUT2D eigenvalue weighted by Gasteiger charge is -2.25. The van der Waals surface area contributed by atoms with Crippen LogP contribution in [0.1, 0.15) is 42.2 Å². The molecule has 1 N–H and O–H groups in total. The van der Waals surface area contributed by atoms with Gasteiger partial charge in [0.2, 0.25) is 5.91 Å². The number of amides is 2. The average molecular weight is 408 g/mol. The fourth-order valence-electron chi connectivity index (χ4n) is 3.42. The number of nitrogens with zero attached hydrogens (tertiary/aromatic N) is 1. The number of hydrogen-bond donors (Lipinski definition) is 1. The van der Waals surface area contributed by atoms with Crippen LogP contribution in [-0.4, -0.2) is 41.6 Å². The van der Waals surface area contributed by atoms with Crippen molar-refractivity contribution in [1.29, 1.82) is 0 Å². The van der Waals surface area contributed by atoms with Crippen molar-refractivity contribution in [1.82, 2.24) is 4.90 Å². The van der Waals surface area contributed by atoms with Gasteiger partial charge in [0, 0.05) is 24.2 Å². The maximum Gasteiger partial charge on any atom is 0.311 e. The Labute approximate surface area is 175 Å². The number of carbonyl (C=O) groups is 4. The molecular formula is C23H24N2O5. The molecule has 30 heavy (non-hydrogen) atoms. The van der Waals surface area contributed by atoms with Gasteiger partial charge >= 0.3 is 5.97 Å². The van der Waals surface area contributed by atoms with E-state index in [0.717, 1.165) is 5.56 Å². The SMILES string of the molecule is CC(=O)c1ccc(NC(=O)COC(=O)[C@@H]2CC(=O)N([C@@H](C)c3ccccc3)C2)cc1. The van der Waals surface area contributed by atoms with E-state index in [1.807, 2.05) is 37.3 Å². The monoisotopic (exact) mass is 408 g/mol. The number of Topliss-reactive ketones (excluding diaryl/α,β-unsaturated/α-hetero) is 1. The lowest BCUT2D eigenvalue weighted by molar-refractivity contribution is -0.151. The third-order valence-electron chi connectivity index (χ3n) is 5.16. The summed E-state index contributed by atoms with van der Waals surface area (Å²) in [5.74, 6) is -1.82. The zero-order chi connectivity index (χ0) is 21.7. The molecule has 0 aliphatic carbocycles. The second kappa shape index (κ2) is 9.35. The van der Waals surface area contributed by atoms with Crippen molar-refractivity contribution in [3.05, 3.63) is 65.7 Å². The van der Waals surface area contributed by atoms with Crippen molar-refractivity contribution in [2.24, 2.45) is 5.92 Å². The lowest BCUT2D eigenvalue weighted by Crippen LogP contribution is -2.30. The van der Waals surface area contributed by atoms with Gasteiger partial charge in [-0.3, -0.25) is 19.2 Å². The number of likely N-dealkylation sites (tertiary alicyclic amines) is 1. The molecule has 3 rings (SSSR count). The molecule has 0 unspecified atom stereocenters. The first-order valence-corrected chi connectivity index (χ1v) is 9.77. The summed E-state index contributed by atoms with van der Waals surface area (Å²) in [6.07, 6.45) is 0.0735. The predicted octanol–water partition coefficient (Wildman–Crippen LogP) is 2.98. The summed E-state index contributed by atoms with van der Waals surface area (Å²) in [6, 6.07) is 15.9. The van der Waals surface area contributed by atoms with Crippen molar-refractivity contribution in [3.63, 3.8) is 0 Å². The molecule has 7 heteroatoms. The number of anilines is 1. The molecule has 0 radical (unpaired) electrons. The van der Waals surface area contributed by atoms with E-state index in [4.69, 9.17) is 4.74 Å². The summed E-state index contributed by atoms with van der Waals surface area (Å²) in [4.78, 5) is 49.7. The van der Waals surface area contributed by atoms with Gasteiger partial charge in [0.15, 0.2) is 12.4 Å². The molecule has 2 amide bonds. The molecular weight excluding hydrogens is 384 g/mol. The Bertz CT molecular complexity index is 940. The maximum absolute atomic E-state index is 12.4. The van der Waals surface area contributed by atoms with Crippen LogP contribution in [-0.2, 0) is 19.1 Å². The van der Waals surface area contributed by atoms with Crippen molar-refractivity contribution in [2.45, 2.75) is 26.3 Å². The highest BCUT2D eigenvalue weighted by molar-refractivity contribution is 5.96. The number of ether oxygens (including phenoxy) is 1. The third kappa shape index (κ3) is 5.11. The Hall–Kier alpha value is -3.48. The number of hydrogen-bond acceptors (Lipinski definition) is 5. The lowest BCUT2D eigenvalue weighted by atomic mass is 10.1. The molecule has 1 saturated heterocycles. The highest BCUT2D eigenvalue weighted by Gasteiger charge is 2.38. The van der Waals surface area contributed by atoms with Crippen molar-refractivity contribution in [3.8, 4) is 0 Å². The molecule has 0 saturated carbocycles. The zero-order valence-corrected chi connectivity index (χ0v) is 17.0. The van der Waals surface area contributed by atoms with Gasteiger partial charge in [0.25, 0.3) is 5.91 Å². The van der Waals surface area contributed by atoms with E-state index in [2.05, 4.69) is 5.32 Å². The van der Waals surface area contributed by atoms with Gasteiger partial charge in [-0.15, -0.1) is 0 Å². The second-order valence-corrected chi connectivity index (χ2v) is 7.32. The summed E-state index contributed by atoms with van der Waals surface area (Å²) >= 11 is 0. The van der Waals surface area contributed by atoms with Crippen LogP contribution in [0.15, 0.2) is 54.6 Å². The predicted molar refractivity (Wildman–Crippen MR) is 111 cm³/mol. The van der Waals surface area contributed by atoms with E-state index in [0.29, 0.717) is 11.3 Å². The number of rotatable bonds is 7. The molecule has 2 atom stereocenters. The van der Waals surface area contributed by atoms with Gasteiger partial charge in [-0.2, -0.15) is 0 Å². The minimum absolute atomic E-state index is 0.0662. The van der Waals surface area contributed by atoms with E-state index in [-0.39, 0.29) is 30.7 Å². The summed E-state index contributed by atoms with van der Waals surface area (Å²) in [5.41, 5.74) is 2.04. The highest BCUT2D eigenvalue weighted by Crippen LogP contribution is 2.29. The number of esters is 1. The average Bonchev–Trinajstić information content (AvgIpc) is 3.14. The topological polar surface area (TPSA) is 92.8 Å². The molecule has 2 aromatic rings. The number of carbonyl (C=O) groups excluding carboxylic acids is 4. The molecule has 156 valence electrons. The molecule has 1 aliphatic rings. The maximum atomic E-state index is 12.4. The fraction of sp³-hybridized carbons (Fsp3) is 0.304. The molecule has 1 heterocycles. The number of benzene rings is 2. The van der Waals surface area contributed by atoms with Crippen LogP contribution in [0.25, 0.3) is 0 Å². The minimum atomic E-state index is -0.591. The summed E-state index contributed by atoms with van der Waals surface area (Å²) in [6.45, 7) is 3.21. The normalized spacial score (nSPS) is 16.8. The summed E-state index contributed by atoms with van der Waals surface area (Å²) in [5, 5.41) is 2.61. The second-order valence-electron chi connectivity index (χ2n) is 7.32. The van der Waals surface area contributed by atoms with Crippen molar-refractivity contribution in [2.75, 3.05) is 18.5 Å². The van der Waals surface area contributed by atoms with Crippen molar-refractivity contribution < 1.29 is 23.9 Å². The Kier molecular flexibility index (Phi) is 6.61. The molecule has 0 aromatic heterocycles. The van der Waals surface area contributed by atoms with E-state index >= 15 is 0 Å². The first kappa shape index (κ1) is 21.2. The van der Waals surface area contributed by atoms with Crippen LogP contribution in [0.4, 0.5) is 5.69 Å². The smallest absolute Gasteiger partial charge is 0.311 e. The molecule has 7 nitrogen and oxygen atoms in total. The van der Waals surface area contributed by atoms with Crippen LogP contribution in [0.5, 0.6) is 0 Å². The van der Waals surface area contributed by atoms with Crippen LogP contribution >= 0.6 is 0 Å². The van der Waals surface area contributed by atoms with Gasteiger partial charge in [-0.25, -0.2) is 0 Å². The Morgan fingerprint density at radius 2 is 1.77 bits per heavy atom. The zero-order valence-electron chi connectivity index (χ0n) is 17.0. The standard InChI is InChI=1S/C23H24N2O5/c1-15(17-6-4-3-5-7-17)25-13-19(12-22(25)28)23(29)30-14-21(27)24-20-10-8-18(9-11-20)16(2)26/h3-11,15,19H,12-14H2,1-2H3,(H,24,27)/t15-,19+/m0/s1. The first-order valence-electron chi connectivity index (χ1n) is 9.77. The van der Waals surface area contributed by atoms with Gasteiger partial charge in [0.1, 0.15) is 0 Å². The van der Waals surface area contributed by atoms with Crippen LogP contribution in [0.3, 0.4) is 0 Å². The molecule has 1 fully saturated rings. The quantitative estimate of drug-likeness (QED) is 0.562. The Morgan fingerprint density at radius 1 is 1.10 bits per heavy atom. The third-order valence-corrected chi connectivity index (χ3v) is 5.16. The minimum Gasteiger partial charge on any atom is -0.455 e. The Balaban J connectivity index is 1.49. The first-order chi connectivity index (χ1) is 14.3. The molecule has 2 aromatic carbocycles. The summed E-state index contributed by atoms with van der Waals surface area (Å²) in [7, 11) is 0. The van der Waals surface area contributed by atoms with Crippen LogP contribution < -0.4 is 5.32 Å². The van der Waals surface area contributed by atoms with E-state index in [9.17, 15) is 19.2 Å². The number of nitrogens with one attached hydrogen (secondary N) is 1. The van der Waals surface area contributed by atoms with Crippen LogP contribution in [0.2, 0.25) is 0 Å². The molecule has 0 spiro atoms. The van der Waals surface area contributed by atoms with Gasteiger partial charge in [-0.05, 0) is 43.7 Å². The summed E-state index contributed by atoms with van der Waals surface area (Å²) < 4.78 is 5.12. The van der Waals surface area contributed by atoms with Gasteiger partial charge in [-0.1, -0.05) is 30.3 Å². The fourth-order valence-corrected chi connectivity index (χ4v) is 3.42. The number of ketones is 1.